The van der Waals surface area contributed by atoms with Crippen molar-refractivity contribution in [1.29, 1.82) is 0 Å². The van der Waals surface area contributed by atoms with Gasteiger partial charge in [0.1, 0.15) is 0 Å². The number of aryl methyl sites for hydroxylation is 2. The highest BCUT2D eigenvalue weighted by molar-refractivity contribution is 5.91. The van der Waals surface area contributed by atoms with Gasteiger partial charge in [-0.15, -0.1) is 0 Å². The van der Waals surface area contributed by atoms with Crippen LogP contribution < -0.4 is 5.73 Å². The molecule has 0 saturated heterocycles. The first-order valence-corrected chi connectivity index (χ1v) is 7.05. The molecule has 102 valence electrons. The maximum absolute atomic E-state index is 5.83. The Morgan fingerprint density at radius 3 is 2.60 bits per heavy atom. The molecule has 0 amide bonds. The molecule has 1 aromatic heterocycles. The average molecular weight is 264 g/mol. The molecule has 0 aliphatic carbocycles. The van der Waals surface area contributed by atoms with Crippen LogP contribution in [0.5, 0.6) is 0 Å². The lowest BCUT2D eigenvalue weighted by atomic mass is 10.0. The monoisotopic (exact) mass is 264 g/mol. The second kappa shape index (κ2) is 5.14. The number of fused-ring (bicyclic) bond motifs is 1. The lowest BCUT2D eigenvalue weighted by Crippen LogP contribution is -2.04. The van der Waals surface area contributed by atoms with Gasteiger partial charge < -0.3 is 10.3 Å². The lowest BCUT2D eigenvalue weighted by molar-refractivity contribution is 0.937. The van der Waals surface area contributed by atoms with Crippen LogP contribution in [0, 0.1) is 6.92 Å². The standard InChI is InChI=1S/C18H20N2/c1-13-6-5-7-14(12-13)18-16(10-11-19)15-8-3-4-9-17(15)20(18)2/h3-9,12H,10-11,19H2,1-2H3. The Bertz CT molecular complexity index is 753. The van der Waals surface area contributed by atoms with Gasteiger partial charge in [-0.1, -0.05) is 42.0 Å². The smallest absolute Gasteiger partial charge is 0.0521 e. The number of hydrogen-bond donors (Lipinski definition) is 1. The first kappa shape index (κ1) is 12.9. The van der Waals surface area contributed by atoms with Crippen molar-refractivity contribution in [2.45, 2.75) is 13.3 Å². The molecule has 0 radical (unpaired) electrons. The zero-order valence-electron chi connectivity index (χ0n) is 12.1. The van der Waals surface area contributed by atoms with Gasteiger partial charge in [-0.2, -0.15) is 0 Å². The second-order valence-electron chi connectivity index (χ2n) is 5.31. The molecule has 2 heteroatoms. The van der Waals surface area contributed by atoms with Crippen LogP contribution in [0.2, 0.25) is 0 Å². The molecular weight excluding hydrogens is 244 g/mol. The molecule has 20 heavy (non-hydrogen) atoms. The fourth-order valence-corrected chi connectivity index (χ4v) is 3.03. The summed E-state index contributed by atoms with van der Waals surface area (Å²) in [5.41, 5.74) is 12.3. The number of hydrogen-bond acceptors (Lipinski definition) is 1. The number of para-hydroxylation sites is 1. The molecule has 0 bridgehead atoms. The highest BCUT2D eigenvalue weighted by Gasteiger charge is 2.15. The number of benzene rings is 2. The summed E-state index contributed by atoms with van der Waals surface area (Å²) in [7, 11) is 2.14. The molecule has 1 heterocycles. The maximum atomic E-state index is 5.83. The van der Waals surface area contributed by atoms with Crippen molar-refractivity contribution >= 4 is 10.9 Å². The van der Waals surface area contributed by atoms with Crippen LogP contribution in [0.1, 0.15) is 11.1 Å². The van der Waals surface area contributed by atoms with Gasteiger partial charge in [0.2, 0.25) is 0 Å². The lowest BCUT2D eigenvalue weighted by Gasteiger charge is -2.08. The largest absolute Gasteiger partial charge is 0.343 e. The minimum Gasteiger partial charge on any atom is -0.343 e. The fraction of sp³-hybridized carbons (Fsp3) is 0.222. The number of nitrogens with two attached hydrogens (primary N) is 1. The summed E-state index contributed by atoms with van der Waals surface area (Å²) in [6.07, 6.45) is 0.907. The van der Waals surface area contributed by atoms with E-state index in [0.717, 1.165) is 6.42 Å². The van der Waals surface area contributed by atoms with Crippen LogP contribution in [0.3, 0.4) is 0 Å². The highest BCUT2D eigenvalue weighted by atomic mass is 15.0. The van der Waals surface area contributed by atoms with E-state index in [0.29, 0.717) is 6.54 Å². The summed E-state index contributed by atoms with van der Waals surface area (Å²) >= 11 is 0. The van der Waals surface area contributed by atoms with Gasteiger partial charge in [0.25, 0.3) is 0 Å². The summed E-state index contributed by atoms with van der Waals surface area (Å²) in [5, 5.41) is 1.32. The van der Waals surface area contributed by atoms with Gasteiger partial charge in [-0.05, 0) is 43.1 Å². The molecule has 0 saturated carbocycles. The Kier molecular flexibility index (Phi) is 3.33. The predicted octanol–water partition coefficient (Wildman–Crippen LogP) is 3.65. The molecule has 2 aromatic carbocycles. The molecule has 0 unspecified atom stereocenters. The predicted molar refractivity (Wildman–Crippen MR) is 85.9 cm³/mol. The van der Waals surface area contributed by atoms with Gasteiger partial charge in [0, 0.05) is 18.0 Å². The first-order valence-electron chi connectivity index (χ1n) is 7.05. The third-order valence-corrected chi connectivity index (χ3v) is 3.90. The zero-order chi connectivity index (χ0) is 14.1. The van der Waals surface area contributed by atoms with Crippen molar-refractivity contribution < 1.29 is 0 Å². The van der Waals surface area contributed by atoms with Crippen molar-refractivity contribution in [2.24, 2.45) is 12.8 Å². The molecule has 0 atom stereocenters. The maximum Gasteiger partial charge on any atom is 0.0521 e. The molecule has 3 aromatic rings. The Morgan fingerprint density at radius 2 is 1.85 bits per heavy atom. The summed E-state index contributed by atoms with van der Waals surface area (Å²) in [6.45, 7) is 2.81. The molecule has 0 spiro atoms. The van der Waals surface area contributed by atoms with Crippen molar-refractivity contribution in [3.05, 3.63) is 59.7 Å². The first-order chi connectivity index (χ1) is 9.72. The molecule has 2 N–H and O–H groups in total. The average Bonchev–Trinajstić information content (AvgIpc) is 2.73. The molecule has 0 fully saturated rings. The van der Waals surface area contributed by atoms with Crippen molar-refractivity contribution in [2.75, 3.05) is 6.54 Å². The van der Waals surface area contributed by atoms with E-state index < -0.39 is 0 Å². The van der Waals surface area contributed by atoms with E-state index in [4.69, 9.17) is 5.73 Å². The van der Waals surface area contributed by atoms with Crippen molar-refractivity contribution in [3.8, 4) is 11.3 Å². The fourth-order valence-electron chi connectivity index (χ4n) is 3.03. The summed E-state index contributed by atoms with van der Waals surface area (Å²) in [4.78, 5) is 0. The van der Waals surface area contributed by atoms with E-state index in [9.17, 15) is 0 Å². The second-order valence-corrected chi connectivity index (χ2v) is 5.31. The third kappa shape index (κ3) is 2.02. The topological polar surface area (TPSA) is 30.9 Å². The summed E-state index contributed by atoms with van der Waals surface area (Å²) in [5.74, 6) is 0. The van der Waals surface area contributed by atoms with E-state index in [1.807, 2.05) is 0 Å². The van der Waals surface area contributed by atoms with Gasteiger partial charge >= 0.3 is 0 Å². The van der Waals surface area contributed by atoms with Crippen molar-refractivity contribution in [1.82, 2.24) is 4.57 Å². The van der Waals surface area contributed by atoms with E-state index in [1.165, 1.54) is 33.3 Å². The summed E-state index contributed by atoms with van der Waals surface area (Å²) < 4.78 is 2.29. The molecular formula is C18H20N2. The molecule has 2 nitrogen and oxygen atoms in total. The minimum absolute atomic E-state index is 0.673. The van der Waals surface area contributed by atoms with Crippen LogP contribution >= 0.6 is 0 Å². The molecule has 3 rings (SSSR count). The third-order valence-electron chi connectivity index (χ3n) is 3.90. The molecule has 0 aliphatic rings. The Balaban J connectivity index is 2.33. The number of nitrogens with zero attached hydrogens (tertiary/aromatic N) is 1. The highest BCUT2D eigenvalue weighted by Crippen LogP contribution is 2.33. The van der Waals surface area contributed by atoms with E-state index in [1.54, 1.807) is 0 Å². The van der Waals surface area contributed by atoms with Gasteiger partial charge in [-0.3, -0.25) is 0 Å². The Labute approximate surface area is 119 Å². The Hall–Kier alpha value is -2.06. The van der Waals surface area contributed by atoms with Gasteiger partial charge in [0.15, 0.2) is 0 Å². The van der Waals surface area contributed by atoms with Crippen LogP contribution in [0.25, 0.3) is 22.2 Å². The quantitative estimate of drug-likeness (QED) is 0.769. The van der Waals surface area contributed by atoms with E-state index >= 15 is 0 Å². The van der Waals surface area contributed by atoms with Crippen LogP contribution in [-0.4, -0.2) is 11.1 Å². The number of rotatable bonds is 3. The van der Waals surface area contributed by atoms with E-state index in [2.05, 4.69) is 67.1 Å². The van der Waals surface area contributed by atoms with Crippen LogP contribution in [-0.2, 0) is 13.5 Å². The van der Waals surface area contributed by atoms with Crippen molar-refractivity contribution in [3.63, 3.8) is 0 Å². The van der Waals surface area contributed by atoms with Gasteiger partial charge in [-0.25, -0.2) is 0 Å². The van der Waals surface area contributed by atoms with Gasteiger partial charge in [0.05, 0.1) is 5.69 Å². The zero-order valence-corrected chi connectivity index (χ0v) is 12.1. The molecule has 0 aliphatic heterocycles. The SMILES string of the molecule is Cc1cccc(-c2c(CCN)c3ccccc3n2C)c1. The number of aromatic nitrogens is 1. The van der Waals surface area contributed by atoms with Crippen LogP contribution in [0.4, 0.5) is 0 Å². The Morgan fingerprint density at radius 1 is 1.05 bits per heavy atom. The van der Waals surface area contributed by atoms with Crippen LogP contribution in [0.15, 0.2) is 48.5 Å². The summed E-state index contributed by atoms with van der Waals surface area (Å²) in [6, 6.07) is 17.2. The minimum atomic E-state index is 0.673. The normalized spacial score (nSPS) is 11.2. The van der Waals surface area contributed by atoms with E-state index in [-0.39, 0.29) is 0 Å².